The van der Waals surface area contributed by atoms with Crippen molar-refractivity contribution in [2.24, 2.45) is 0 Å². The molecule has 0 fully saturated rings. The fraction of sp³-hybridized carbons (Fsp3) is 0.0588. The van der Waals surface area contributed by atoms with Gasteiger partial charge in [-0.2, -0.15) is 0 Å². The molecule has 1 N–H and O–H groups in total. The van der Waals surface area contributed by atoms with Crippen LogP contribution in [0.1, 0.15) is 15.4 Å². The number of benzene rings is 2. The molecule has 6 heteroatoms. The monoisotopic (exact) mass is 329 g/mol. The second-order valence-electron chi connectivity index (χ2n) is 4.80. The molecule has 0 aliphatic carbocycles. The summed E-state index contributed by atoms with van der Waals surface area (Å²) in [4.78, 5) is 15.6. The molecule has 0 bridgehead atoms. The Balaban J connectivity index is 1.84. The van der Waals surface area contributed by atoms with Gasteiger partial charge in [0.2, 0.25) is 0 Å². The number of thiazole rings is 1. The predicted octanol–water partition coefficient (Wildman–Crippen LogP) is 4.75. The number of carboxylic acids is 1. The molecule has 2 aromatic carbocycles. The van der Waals surface area contributed by atoms with Crippen molar-refractivity contribution in [2.45, 2.75) is 6.92 Å². The molecule has 0 spiro atoms. The summed E-state index contributed by atoms with van der Waals surface area (Å²) in [5.41, 5.74) is 1.27. The lowest BCUT2D eigenvalue weighted by Crippen LogP contribution is -1.94. The highest BCUT2D eigenvalue weighted by Gasteiger charge is 2.15. The first-order valence-electron chi connectivity index (χ1n) is 6.78. The lowest BCUT2D eigenvalue weighted by molar-refractivity contribution is 0.0701. The number of rotatable bonds is 4. The highest BCUT2D eigenvalue weighted by atomic mass is 32.1. The van der Waals surface area contributed by atoms with Crippen molar-refractivity contribution in [1.82, 2.24) is 4.98 Å². The molecule has 3 aromatic rings. The maximum Gasteiger partial charge on any atom is 0.347 e. The van der Waals surface area contributed by atoms with Crippen LogP contribution in [0.4, 0.5) is 4.39 Å². The van der Waals surface area contributed by atoms with Crippen LogP contribution in [0.25, 0.3) is 10.6 Å². The zero-order valence-corrected chi connectivity index (χ0v) is 12.9. The number of hydrogen-bond donors (Lipinski definition) is 1. The van der Waals surface area contributed by atoms with Gasteiger partial charge in [-0.05, 0) is 43.3 Å². The topological polar surface area (TPSA) is 59.4 Å². The molecule has 23 heavy (non-hydrogen) atoms. The van der Waals surface area contributed by atoms with Gasteiger partial charge in [-0.15, -0.1) is 11.3 Å². The summed E-state index contributed by atoms with van der Waals surface area (Å²) in [5.74, 6) is -0.770. The number of hydrogen-bond acceptors (Lipinski definition) is 4. The Kier molecular flexibility index (Phi) is 4.08. The van der Waals surface area contributed by atoms with E-state index in [1.807, 2.05) is 0 Å². The van der Waals surface area contributed by atoms with E-state index >= 15 is 0 Å². The van der Waals surface area contributed by atoms with Gasteiger partial charge in [0.05, 0.1) is 5.69 Å². The van der Waals surface area contributed by atoms with Crippen molar-refractivity contribution in [3.8, 4) is 22.1 Å². The molecule has 0 saturated heterocycles. The average molecular weight is 329 g/mol. The van der Waals surface area contributed by atoms with Gasteiger partial charge < -0.3 is 9.84 Å². The van der Waals surface area contributed by atoms with Gasteiger partial charge in [0.25, 0.3) is 0 Å². The van der Waals surface area contributed by atoms with E-state index in [9.17, 15) is 9.18 Å². The lowest BCUT2D eigenvalue weighted by Gasteiger charge is -2.06. The third-order valence-electron chi connectivity index (χ3n) is 3.16. The second-order valence-corrected chi connectivity index (χ2v) is 5.79. The molecule has 0 saturated carbocycles. The fourth-order valence-electron chi connectivity index (χ4n) is 2.04. The standard InChI is InChI=1S/C17H12FNO3S/c1-10-15(17(20)21)23-16(19-10)11-6-8-12(9-7-11)22-14-5-3-2-4-13(14)18/h2-9H,1H3,(H,20,21). The van der Waals surface area contributed by atoms with E-state index in [0.717, 1.165) is 16.9 Å². The summed E-state index contributed by atoms with van der Waals surface area (Å²) in [7, 11) is 0. The number of halogens is 1. The SMILES string of the molecule is Cc1nc(-c2ccc(Oc3ccccc3F)cc2)sc1C(=O)O. The molecule has 3 rings (SSSR count). The maximum atomic E-state index is 13.6. The third-order valence-corrected chi connectivity index (χ3v) is 4.35. The van der Waals surface area contributed by atoms with E-state index in [1.165, 1.54) is 6.07 Å². The van der Waals surface area contributed by atoms with Crippen molar-refractivity contribution >= 4 is 17.3 Å². The van der Waals surface area contributed by atoms with E-state index < -0.39 is 11.8 Å². The quantitative estimate of drug-likeness (QED) is 0.750. The number of aromatic carboxylic acids is 1. The van der Waals surface area contributed by atoms with Crippen molar-refractivity contribution in [1.29, 1.82) is 0 Å². The molecule has 1 aromatic heterocycles. The van der Waals surface area contributed by atoms with E-state index in [2.05, 4.69) is 4.98 Å². The molecule has 116 valence electrons. The molecule has 0 amide bonds. The number of nitrogens with zero attached hydrogens (tertiary/aromatic N) is 1. The summed E-state index contributed by atoms with van der Waals surface area (Å²) in [6.07, 6.45) is 0. The Morgan fingerprint density at radius 3 is 2.48 bits per heavy atom. The van der Waals surface area contributed by atoms with E-state index in [4.69, 9.17) is 9.84 Å². The first-order valence-corrected chi connectivity index (χ1v) is 7.60. The normalized spacial score (nSPS) is 10.5. The Bertz CT molecular complexity index is 859. The van der Waals surface area contributed by atoms with Crippen LogP contribution in [0, 0.1) is 12.7 Å². The van der Waals surface area contributed by atoms with Gasteiger partial charge >= 0.3 is 5.97 Å². The van der Waals surface area contributed by atoms with Crippen molar-refractivity contribution in [2.75, 3.05) is 0 Å². The lowest BCUT2D eigenvalue weighted by atomic mass is 10.2. The molecule has 0 radical (unpaired) electrons. The molecule has 1 heterocycles. The molecule has 0 unspecified atom stereocenters. The van der Waals surface area contributed by atoms with Gasteiger partial charge in [0.1, 0.15) is 15.6 Å². The van der Waals surface area contributed by atoms with Gasteiger partial charge in [0, 0.05) is 5.56 Å². The Morgan fingerprint density at radius 1 is 1.17 bits per heavy atom. The number of para-hydroxylation sites is 1. The van der Waals surface area contributed by atoms with Crippen LogP contribution < -0.4 is 4.74 Å². The van der Waals surface area contributed by atoms with Crippen molar-refractivity contribution in [3.63, 3.8) is 0 Å². The number of aromatic nitrogens is 1. The minimum atomic E-state index is -0.981. The molecule has 0 atom stereocenters. The van der Waals surface area contributed by atoms with Crippen LogP contribution in [-0.4, -0.2) is 16.1 Å². The highest BCUT2D eigenvalue weighted by Crippen LogP contribution is 2.30. The Morgan fingerprint density at radius 2 is 1.87 bits per heavy atom. The van der Waals surface area contributed by atoms with Crippen LogP contribution >= 0.6 is 11.3 Å². The number of ether oxygens (including phenoxy) is 1. The largest absolute Gasteiger partial charge is 0.477 e. The summed E-state index contributed by atoms with van der Waals surface area (Å²) in [6, 6.07) is 13.1. The van der Waals surface area contributed by atoms with E-state index in [1.54, 1.807) is 49.4 Å². The highest BCUT2D eigenvalue weighted by molar-refractivity contribution is 7.17. The van der Waals surface area contributed by atoms with Gasteiger partial charge in [-0.1, -0.05) is 12.1 Å². The number of aryl methyl sites for hydroxylation is 1. The zero-order valence-electron chi connectivity index (χ0n) is 12.1. The summed E-state index contributed by atoms with van der Waals surface area (Å²) in [5, 5.41) is 9.70. The van der Waals surface area contributed by atoms with Crippen LogP contribution in [0.2, 0.25) is 0 Å². The second kappa shape index (κ2) is 6.18. The minimum Gasteiger partial charge on any atom is -0.477 e. The summed E-state index contributed by atoms with van der Waals surface area (Å²) >= 11 is 1.12. The smallest absolute Gasteiger partial charge is 0.347 e. The Labute approximate surface area is 135 Å². The Hall–Kier alpha value is -2.73. The summed E-state index contributed by atoms with van der Waals surface area (Å²) in [6.45, 7) is 1.67. The minimum absolute atomic E-state index is 0.151. The average Bonchev–Trinajstić information content (AvgIpc) is 2.92. The predicted molar refractivity (Wildman–Crippen MR) is 85.7 cm³/mol. The number of carboxylic acid groups (broad SMARTS) is 1. The van der Waals surface area contributed by atoms with Gasteiger partial charge in [-0.25, -0.2) is 14.2 Å². The molecular weight excluding hydrogens is 317 g/mol. The van der Waals surface area contributed by atoms with Crippen LogP contribution in [0.3, 0.4) is 0 Å². The van der Waals surface area contributed by atoms with E-state index in [0.29, 0.717) is 16.5 Å². The first-order chi connectivity index (χ1) is 11.0. The first kappa shape index (κ1) is 15.2. The van der Waals surface area contributed by atoms with Gasteiger partial charge in [0.15, 0.2) is 11.6 Å². The molecule has 4 nitrogen and oxygen atoms in total. The summed E-state index contributed by atoms with van der Waals surface area (Å²) < 4.78 is 19.0. The molecular formula is C17H12FNO3S. The van der Waals surface area contributed by atoms with Gasteiger partial charge in [-0.3, -0.25) is 0 Å². The maximum absolute atomic E-state index is 13.6. The molecule has 0 aliphatic rings. The number of carbonyl (C=O) groups is 1. The van der Waals surface area contributed by atoms with Crippen molar-refractivity contribution in [3.05, 3.63) is 64.9 Å². The van der Waals surface area contributed by atoms with Crippen LogP contribution in [0.15, 0.2) is 48.5 Å². The van der Waals surface area contributed by atoms with Crippen LogP contribution in [-0.2, 0) is 0 Å². The fourth-order valence-corrected chi connectivity index (χ4v) is 2.95. The zero-order chi connectivity index (χ0) is 16.4. The third kappa shape index (κ3) is 3.22. The van der Waals surface area contributed by atoms with Crippen LogP contribution in [0.5, 0.6) is 11.5 Å². The molecule has 0 aliphatic heterocycles. The van der Waals surface area contributed by atoms with E-state index in [-0.39, 0.29) is 10.6 Å². The van der Waals surface area contributed by atoms with Crippen molar-refractivity contribution < 1.29 is 19.0 Å².